The van der Waals surface area contributed by atoms with E-state index in [0.29, 0.717) is 18.9 Å². The van der Waals surface area contributed by atoms with Gasteiger partial charge in [-0.15, -0.1) is 0 Å². The van der Waals surface area contributed by atoms with Crippen LogP contribution in [-0.4, -0.2) is 35.4 Å². The molecule has 2 aliphatic rings. The number of amides is 1. The van der Waals surface area contributed by atoms with Crippen LogP contribution in [0.3, 0.4) is 0 Å². The highest BCUT2D eigenvalue weighted by molar-refractivity contribution is 5.77. The van der Waals surface area contributed by atoms with Crippen molar-refractivity contribution in [2.75, 3.05) is 13.2 Å². The predicted octanol–water partition coefficient (Wildman–Crippen LogP) is 4.45. The Bertz CT molecular complexity index is 546. The lowest BCUT2D eigenvalue weighted by Gasteiger charge is -2.48. The van der Waals surface area contributed by atoms with Crippen LogP contribution in [0, 0.1) is 28.6 Å². The van der Waals surface area contributed by atoms with Gasteiger partial charge in [-0.1, -0.05) is 39.8 Å². The molecule has 3 N–H and O–H groups in total. The third-order valence-electron chi connectivity index (χ3n) is 8.08. The molecule has 4 heteroatoms. The molecule has 0 spiro atoms. The van der Waals surface area contributed by atoms with Gasteiger partial charge >= 0.3 is 0 Å². The molecule has 0 saturated heterocycles. The second kappa shape index (κ2) is 9.75. The lowest BCUT2D eigenvalue weighted by molar-refractivity contribution is -0.124. The SMILES string of the molecule is C=C1CCCC1(C)CCC(CCNC(=O)C(C)C)C1(C)CCC(O)CC1CO. The zero-order valence-electron chi connectivity index (χ0n) is 18.6. The van der Waals surface area contributed by atoms with Gasteiger partial charge < -0.3 is 15.5 Å². The van der Waals surface area contributed by atoms with Crippen LogP contribution in [0.2, 0.25) is 0 Å². The number of hydrogen-bond donors (Lipinski definition) is 3. The maximum Gasteiger partial charge on any atom is 0.222 e. The highest BCUT2D eigenvalue weighted by atomic mass is 16.3. The number of aliphatic hydroxyl groups excluding tert-OH is 2. The molecule has 0 aliphatic heterocycles. The minimum atomic E-state index is -0.293. The van der Waals surface area contributed by atoms with E-state index in [1.807, 2.05) is 13.8 Å². The van der Waals surface area contributed by atoms with Crippen molar-refractivity contribution in [3.05, 3.63) is 12.2 Å². The number of allylic oxidation sites excluding steroid dienone is 1. The number of nitrogens with one attached hydrogen (secondary N) is 1. The molecule has 2 aliphatic carbocycles. The van der Waals surface area contributed by atoms with Crippen molar-refractivity contribution in [3.8, 4) is 0 Å². The average molecular weight is 394 g/mol. The molecule has 2 saturated carbocycles. The summed E-state index contributed by atoms with van der Waals surface area (Å²) in [6.45, 7) is 13.7. The van der Waals surface area contributed by atoms with Crippen LogP contribution in [0.4, 0.5) is 0 Å². The van der Waals surface area contributed by atoms with Crippen molar-refractivity contribution < 1.29 is 15.0 Å². The van der Waals surface area contributed by atoms with Crippen molar-refractivity contribution >= 4 is 5.91 Å². The quantitative estimate of drug-likeness (QED) is 0.507. The van der Waals surface area contributed by atoms with Gasteiger partial charge in [0.15, 0.2) is 0 Å². The van der Waals surface area contributed by atoms with E-state index in [0.717, 1.165) is 38.5 Å². The molecule has 0 heterocycles. The fourth-order valence-corrected chi connectivity index (χ4v) is 5.56. The lowest BCUT2D eigenvalue weighted by atomic mass is 9.58. The van der Waals surface area contributed by atoms with E-state index in [4.69, 9.17) is 0 Å². The third-order valence-corrected chi connectivity index (χ3v) is 8.08. The van der Waals surface area contributed by atoms with Crippen molar-refractivity contribution in [1.82, 2.24) is 5.32 Å². The van der Waals surface area contributed by atoms with Crippen LogP contribution in [0.25, 0.3) is 0 Å². The molecule has 162 valence electrons. The standard InChI is InChI=1S/C24H43NO3/c1-17(2)22(28)25-14-10-19(8-12-23(4)11-6-7-18(23)3)24(5)13-9-21(27)15-20(24)16-26/h17,19-21,26-27H,3,6-16H2,1-2,4-5H3,(H,25,28). The lowest BCUT2D eigenvalue weighted by Crippen LogP contribution is -2.45. The van der Waals surface area contributed by atoms with E-state index in [1.165, 1.54) is 18.4 Å². The number of hydrogen-bond acceptors (Lipinski definition) is 3. The molecule has 0 bridgehead atoms. The molecular weight excluding hydrogens is 350 g/mol. The van der Waals surface area contributed by atoms with Crippen LogP contribution < -0.4 is 5.32 Å². The van der Waals surface area contributed by atoms with Crippen LogP contribution in [-0.2, 0) is 4.79 Å². The number of rotatable bonds is 9. The zero-order chi connectivity index (χ0) is 20.9. The first-order valence-electron chi connectivity index (χ1n) is 11.4. The van der Waals surface area contributed by atoms with Gasteiger partial charge in [0, 0.05) is 19.1 Å². The van der Waals surface area contributed by atoms with E-state index in [2.05, 4.69) is 25.7 Å². The highest BCUT2D eigenvalue weighted by Crippen LogP contribution is 2.52. The van der Waals surface area contributed by atoms with E-state index in [-0.39, 0.29) is 41.3 Å². The van der Waals surface area contributed by atoms with Crippen molar-refractivity contribution in [2.24, 2.45) is 28.6 Å². The third kappa shape index (κ3) is 5.38. The largest absolute Gasteiger partial charge is 0.396 e. The van der Waals surface area contributed by atoms with Crippen LogP contribution >= 0.6 is 0 Å². The summed E-state index contributed by atoms with van der Waals surface area (Å²) >= 11 is 0. The number of carbonyl (C=O) groups is 1. The predicted molar refractivity (Wildman–Crippen MR) is 115 cm³/mol. The summed E-state index contributed by atoms with van der Waals surface area (Å²) in [4.78, 5) is 12.0. The van der Waals surface area contributed by atoms with Gasteiger partial charge in [-0.3, -0.25) is 4.79 Å². The molecular formula is C24H43NO3. The Morgan fingerprint density at radius 3 is 2.57 bits per heavy atom. The Kier molecular flexibility index (Phi) is 8.16. The fourth-order valence-electron chi connectivity index (χ4n) is 5.56. The molecule has 4 nitrogen and oxygen atoms in total. The first kappa shape index (κ1) is 23.4. The molecule has 0 radical (unpaired) electrons. The molecule has 2 fully saturated rings. The van der Waals surface area contributed by atoms with Crippen LogP contribution in [0.15, 0.2) is 12.2 Å². The molecule has 0 aromatic rings. The molecule has 5 atom stereocenters. The maximum atomic E-state index is 12.0. The van der Waals surface area contributed by atoms with E-state index >= 15 is 0 Å². The van der Waals surface area contributed by atoms with Gasteiger partial charge in [0.1, 0.15) is 0 Å². The van der Waals surface area contributed by atoms with Gasteiger partial charge in [-0.2, -0.15) is 0 Å². The summed E-state index contributed by atoms with van der Waals surface area (Å²) in [7, 11) is 0. The summed E-state index contributed by atoms with van der Waals surface area (Å²) in [5, 5.41) is 23.3. The molecule has 5 unspecified atom stereocenters. The monoisotopic (exact) mass is 393 g/mol. The second-order valence-corrected chi connectivity index (χ2v) is 10.3. The summed E-state index contributed by atoms with van der Waals surface area (Å²) in [6.07, 6.45) is 8.92. The molecule has 1 amide bonds. The van der Waals surface area contributed by atoms with Gasteiger partial charge in [-0.05, 0) is 80.5 Å². The second-order valence-electron chi connectivity index (χ2n) is 10.3. The molecule has 28 heavy (non-hydrogen) atoms. The number of carbonyl (C=O) groups excluding carboxylic acids is 1. The highest BCUT2D eigenvalue weighted by Gasteiger charge is 2.45. The molecule has 2 rings (SSSR count). The van der Waals surface area contributed by atoms with Crippen LogP contribution in [0.1, 0.15) is 85.5 Å². The Balaban J connectivity index is 2.10. The van der Waals surface area contributed by atoms with Gasteiger partial charge in [-0.25, -0.2) is 0 Å². The van der Waals surface area contributed by atoms with Crippen molar-refractivity contribution in [2.45, 2.75) is 91.6 Å². The van der Waals surface area contributed by atoms with E-state index < -0.39 is 0 Å². The minimum Gasteiger partial charge on any atom is -0.396 e. The van der Waals surface area contributed by atoms with Crippen LogP contribution in [0.5, 0.6) is 0 Å². The van der Waals surface area contributed by atoms with Gasteiger partial charge in [0.25, 0.3) is 0 Å². The Hall–Kier alpha value is -0.870. The first-order chi connectivity index (χ1) is 13.1. The van der Waals surface area contributed by atoms with E-state index in [9.17, 15) is 15.0 Å². The van der Waals surface area contributed by atoms with Crippen molar-refractivity contribution in [3.63, 3.8) is 0 Å². The zero-order valence-corrected chi connectivity index (χ0v) is 18.6. The van der Waals surface area contributed by atoms with Crippen molar-refractivity contribution in [1.29, 1.82) is 0 Å². The summed E-state index contributed by atoms with van der Waals surface area (Å²) in [6, 6.07) is 0. The Labute approximate surface area is 172 Å². The summed E-state index contributed by atoms with van der Waals surface area (Å²) < 4.78 is 0. The topological polar surface area (TPSA) is 69.6 Å². The smallest absolute Gasteiger partial charge is 0.222 e. The minimum absolute atomic E-state index is 0.00442. The summed E-state index contributed by atoms with van der Waals surface area (Å²) in [5.41, 5.74) is 1.63. The summed E-state index contributed by atoms with van der Waals surface area (Å²) in [5.74, 6) is 0.666. The van der Waals surface area contributed by atoms with Gasteiger partial charge in [0.2, 0.25) is 5.91 Å². The molecule has 0 aromatic heterocycles. The molecule has 0 aromatic carbocycles. The van der Waals surface area contributed by atoms with Gasteiger partial charge in [0.05, 0.1) is 6.10 Å². The Morgan fingerprint density at radius 2 is 2.00 bits per heavy atom. The Morgan fingerprint density at radius 1 is 1.29 bits per heavy atom. The fraction of sp³-hybridized carbons (Fsp3) is 0.875. The first-order valence-corrected chi connectivity index (χ1v) is 11.4. The average Bonchev–Trinajstić information content (AvgIpc) is 2.98. The number of aliphatic hydroxyl groups is 2. The van der Waals surface area contributed by atoms with E-state index in [1.54, 1.807) is 0 Å². The normalized spacial score (nSPS) is 34.6. The maximum absolute atomic E-state index is 12.0.